The van der Waals surface area contributed by atoms with Gasteiger partial charge in [0.1, 0.15) is 89.4 Å². The van der Waals surface area contributed by atoms with E-state index in [1.807, 2.05) is 0 Å². The highest BCUT2D eigenvalue weighted by atomic mass is 16.6. The molecule has 0 amide bonds. The van der Waals surface area contributed by atoms with Gasteiger partial charge in [-0.25, -0.2) is 0 Å². The Morgan fingerprint density at radius 2 is 1.14 bits per heavy atom. The fraction of sp³-hybridized carbons (Fsp3) is 0.444. The second kappa shape index (κ2) is 11.4. The van der Waals surface area contributed by atoms with E-state index in [1.54, 1.807) is 0 Å². The van der Waals surface area contributed by atoms with Crippen LogP contribution in [0.25, 0.3) is 22.3 Å². The van der Waals surface area contributed by atoms with Crippen LogP contribution < -0.4 is 5.43 Å². The first-order chi connectivity index (χ1) is 19.9. The number of aliphatic hydroxyl groups excluding tert-OH is 8. The van der Waals surface area contributed by atoms with Crippen LogP contribution in [0.2, 0.25) is 0 Å². The van der Waals surface area contributed by atoms with Gasteiger partial charge in [-0.05, 0) is 24.3 Å². The van der Waals surface area contributed by atoms with Crippen molar-refractivity contribution in [2.24, 2.45) is 0 Å². The van der Waals surface area contributed by atoms with Gasteiger partial charge in [-0.2, -0.15) is 0 Å². The summed E-state index contributed by atoms with van der Waals surface area (Å²) in [5, 5.41) is 114. The lowest BCUT2D eigenvalue weighted by Crippen LogP contribution is -2.55. The molecule has 0 aliphatic carbocycles. The summed E-state index contributed by atoms with van der Waals surface area (Å²) in [7, 11) is 0. The molecule has 15 nitrogen and oxygen atoms in total. The number of aromatic hydroxyl groups is 3. The fourth-order valence-electron chi connectivity index (χ4n) is 5.39. The minimum atomic E-state index is -2.02. The van der Waals surface area contributed by atoms with Gasteiger partial charge in [0.05, 0.1) is 24.3 Å². The maximum Gasteiger partial charge on any atom is 0.197 e. The Bertz CT molecular complexity index is 1500. The van der Waals surface area contributed by atoms with Gasteiger partial charge in [-0.1, -0.05) is 0 Å². The Morgan fingerprint density at radius 3 is 1.64 bits per heavy atom. The van der Waals surface area contributed by atoms with Crippen LogP contribution in [-0.2, 0) is 9.47 Å². The zero-order chi connectivity index (χ0) is 30.6. The Kier molecular flexibility index (Phi) is 8.16. The maximum absolute atomic E-state index is 13.5. The largest absolute Gasteiger partial charge is 0.508 e. The minimum absolute atomic E-state index is 0.0941. The summed E-state index contributed by atoms with van der Waals surface area (Å²) >= 11 is 0. The zero-order valence-electron chi connectivity index (χ0n) is 21.6. The Morgan fingerprint density at radius 1 is 0.643 bits per heavy atom. The monoisotopic (exact) mass is 594 g/mol. The number of ether oxygens (including phenoxy) is 2. The SMILES string of the molecule is O=c1cc(-c2ccc(O)cc2)oc2c([C@@H]3O[C@@H](CO)[C@H](O)[C@@H](O)[C@@H]3O)c(O)c([C@@H]3O[C@H](CO)[C@@H](O)[C@H](O)[C@H]3O)c(O)c12. The first kappa shape index (κ1) is 30.1. The van der Waals surface area contributed by atoms with Crippen LogP contribution in [0.3, 0.4) is 0 Å². The lowest BCUT2D eigenvalue weighted by molar-refractivity contribution is -0.234. The zero-order valence-corrected chi connectivity index (χ0v) is 21.6. The average molecular weight is 595 g/mol. The summed E-state index contributed by atoms with van der Waals surface area (Å²) in [6.07, 6.45) is -18.2. The van der Waals surface area contributed by atoms with Gasteiger partial charge in [0, 0.05) is 11.6 Å². The van der Waals surface area contributed by atoms with Gasteiger partial charge in [-0.15, -0.1) is 0 Å². The van der Waals surface area contributed by atoms with Gasteiger partial charge in [0.15, 0.2) is 11.0 Å². The predicted molar refractivity (Wildman–Crippen MR) is 138 cm³/mol. The standard InChI is InChI=1S/C27H30O15/c28-6-12-17(32)21(36)23(38)26(41-12)15-19(34)14-10(31)5-11(8-1-3-9(30)4-2-8)40-25(14)16(20(15)35)27-24(39)22(37)18(33)13(7-29)42-27/h1-5,12-13,17-18,21-24,26-30,32-39H,6-7H2/t12-,13+,17-,18+,21+,22-,23-,24+,26+,27+/m1/s1. The molecule has 1 aromatic heterocycles. The first-order valence-corrected chi connectivity index (χ1v) is 12.9. The van der Waals surface area contributed by atoms with Crippen molar-refractivity contribution in [3.8, 4) is 28.6 Å². The quantitative estimate of drug-likeness (QED) is 0.147. The molecular weight excluding hydrogens is 564 g/mol. The van der Waals surface area contributed by atoms with E-state index < -0.39 is 113 Å². The van der Waals surface area contributed by atoms with E-state index in [0.29, 0.717) is 0 Å². The molecule has 3 heterocycles. The van der Waals surface area contributed by atoms with Crippen LogP contribution >= 0.6 is 0 Å². The van der Waals surface area contributed by atoms with Crippen LogP contribution in [0, 0.1) is 0 Å². The van der Waals surface area contributed by atoms with Gasteiger partial charge in [-0.3, -0.25) is 4.79 Å². The molecule has 2 aliphatic rings. The molecule has 15 heteroatoms. The van der Waals surface area contributed by atoms with Crippen molar-refractivity contribution in [3.05, 3.63) is 51.7 Å². The normalized spacial score (nSPS) is 33.6. The van der Waals surface area contributed by atoms with Gasteiger partial charge in [0.2, 0.25) is 0 Å². The number of phenols is 3. The second-order valence-electron chi connectivity index (χ2n) is 10.2. The van der Waals surface area contributed by atoms with Gasteiger partial charge >= 0.3 is 0 Å². The number of phenolic OH excluding ortho intramolecular Hbond substituents is 3. The fourth-order valence-corrected chi connectivity index (χ4v) is 5.39. The number of fused-ring (bicyclic) bond motifs is 1. The molecule has 0 radical (unpaired) electrons. The number of benzene rings is 2. The molecule has 0 saturated carbocycles. The van der Waals surface area contributed by atoms with Crippen molar-refractivity contribution in [2.45, 2.75) is 61.0 Å². The second-order valence-corrected chi connectivity index (χ2v) is 10.2. The number of aliphatic hydroxyl groups is 8. The third-order valence-corrected chi connectivity index (χ3v) is 7.70. The molecule has 2 fully saturated rings. The van der Waals surface area contributed by atoms with Crippen LogP contribution in [0.5, 0.6) is 17.2 Å². The summed E-state index contributed by atoms with van der Waals surface area (Å²) in [5.74, 6) is -2.20. The average Bonchev–Trinajstić information content (AvgIpc) is 2.97. The minimum Gasteiger partial charge on any atom is -0.508 e. The van der Waals surface area contributed by atoms with E-state index in [9.17, 15) is 61.0 Å². The van der Waals surface area contributed by atoms with Crippen molar-refractivity contribution in [2.75, 3.05) is 13.2 Å². The molecule has 11 N–H and O–H groups in total. The van der Waals surface area contributed by atoms with Crippen molar-refractivity contribution in [1.82, 2.24) is 0 Å². The van der Waals surface area contributed by atoms with Crippen molar-refractivity contribution in [1.29, 1.82) is 0 Å². The van der Waals surface area contributed by atoms with E-state index in [-0.39, 0.29) is 17.1 Å². The molecule has 228 valence electrons. The highest BCUT2D eigenvalue weighted by Gasteiger charge is 2.50. The maximum atomic E-state index is 13.5. The number of rotatable bonds is 5. The lowest BCUT2D eigenvalue weighted by Gasteiger charge is -2.42. The smallest absolute Gasteiger partial charge is 0.197 e. The molecule has 2 aromatic carbocycles. The van der Waals surface area contributed by atoms with Crippen LogP contribution in [-0.4, -0.2) is 118 Å². The van der Waals surface area contributed by atoms with E-state index in [0.717, 1.165) is 6.07 Å². The van der Waals surface area contributed by atoms with Crippen LogP contribution in [0.4, 0.5) is 0 Å². The van der Waals surface area contributed by atoms with Crippen molar-refractivity contribution < 1.29 is 70.1 Å². The molecule has 2 aliphatic heterocycles. The summed E-state index contributed by atoms with van der Waals surface area (Å²) < 4.78 is 17.0. The van der Waals surface area contributed by atoms with E-state index in [4.69, 9.17) is 13.9 Å². The summed E-state index contributed by atoms with van der Waals surface area (Å²) in [4.78, 5) is 13.5. The molecule has 42 heavy (non-hydrogen) atoms. The molecule has 3 aromatic rings. The van der Waals surface area contributed by atoms with Gasteiger partial charge in [0.25, 0.3) is 0 Å². The Hall–Kier alpha value is -3.35. The van der Waals surface area contributed by atoms with Gasteiger partial charge < -0.3 is 70.1 Å². The summed E-state index contributed by atoms with van der Waals surface area (Å²) in [5.41, 5.74) is -2.48. The van der Waals surface area contributed by atoms with E-state index >= 15 is 0 Å². The molecule has 0 bridgehead atoms. The molecule has 2 saturated heterocycles. The Balaban J connectivity index is 1.82. The van der Waals surface area contributed by atoms with Crippen molar-refractivity contribution in [3.63, 3.8) is 0 Å². The summed E-state index contributed by atoms with van der Waals surface area (Å²) in [6, 6.07) is 6.37. The molecule has 0 unspecified atom stereocenters. The van der Waals surface area contributed by atoms with Crippen LogP contribution in [0.1, 0.15) is 23.3 Å². The number of hydrogen-bond acceptors (Lipinski definition) is 15. The first-order valence-electron chi connectivity index (χ1n) is 12.9. The highest BCUT2D eigenvalue weighted by Crippen LogP contribution is 2.51. The third kappa shape index (κ3) is 4.79. The Labute approximate surface area is 235 Å². The molecule has 10 atom stereocenters. The third-order valence-electron chi connectivity index (χ3n) is 7.70. The topological polar surface area (TPSA) is 271 Å². The van der Waals surface area contributed by atoms with E-state index in [1.165, 1.54) is 24.3 Å². The molecule has 0 spiro atoms. The lowest BCUT2D eigenvalue weighted by atomic mass is 9.85. The molecule has 5 rings (SSSR count). The highest BCUT2D eigenvalue weighted by molar-refractivity contribution is 5.92. The summed E-state index contributed by atoms with van der Waals surface area (Å²) in [6.45, 7) is -1.70. The van der Waals surface area contributed by atoms with Crippen molar-refractivity contribution >= 4 is 11.0 Å². The predicted octanol–water partition coefficient (Wildman–Crippen LogP) is -2.39. The van der Waals surface area contributed by atoms with Crippen LogP contribution in [0.15, 0.2) is 39.5 Å². The molecular formula is C27H30O15. The van der Waals surface area contributed by atoms with E-state index in [2.05, 4.69) is 0 Å². The number of hydrogen-bond donors (Lipinski definition) is 11.